The molecule has 0 aromatic heterocycles. The Morgan fingerprint density at radius 2 is 1.90 bits per heavy atom. The van der Waals surface area contributed by atoms with Gasteiger partial charge >= 0.3 is 12.0 Å². The van der Waals surface area contributed by atoms with Gasteiger partial charge in [0.15, 0.2) is 0 Å². The molecule has 2 rings (SSSR count). The second-order valence-electron chi connectivity index (χ2n) is 6.11. The topological polar surface area (TPSA) is 78.4 Å². The van der Waals surface area contributed by atoms with Crippen LogP contribution in [0.5, 0.6) is 0 Å². The first-order chi connectivity index (χ1) is 9.20. The van der Waals surface area contributed by atoms with Gasteiger partial charge in [-0.1, -0.05) is 13.8 Å². The van der Waals surface area contributed by atoms with Crippen molar-refractivity contribution in [3.8, 4) is 0 Å². The maximum Gasteiger partial charge on any atom is 0.336 e. The molecule has 5 nitrogen and oxygen atoms in total. The van der Waals surface area contributed by atoms with Gasteiger partial charge in [-0.2, -0.15) is 0 Å². The molecule has 1 unspecified atom stereocenters. The standard InChI is InChI=1S/C15H20N2O3/c1-8-5-10(6-11(9(8)2)13(18)19)16-14(20)17-12-7-15(12,3)4/h5-6,12H,7H2,1-4H3,(H,18,19)(H2,16,17,20). The summed E-state index contributed by atoms with van der Waals surface area (Å²) in [5.74, 6) is -0.988. The van der Waals surface area contributed by atoms with Crippen LogP contribution in [0.4, 0.5) is 10.5 Å². The quantitative estimate of drug-likeness (QED) is 0.794. The number of carbonyl (C=O) groups is 2. The minimum absolute atomic E-state index is 0.159. The first kappa shape index (κ1) is 14.4. The van der Waals surface area contributed by atoms with E-state index in [-0.39, 0.29) is 23.1 Å². The second kappa shape index (κ2) is 4.81. The number of amides is 2. The first-order valence-electron chi connectivity index (χ1n) is 6.63. The van der Waals surface area contributed by atoms with E-state index in [1.54, 1.807) is 13.0 Å². The molecule has 20 heavy (non-hydrogen) atoms. The highest BCUT2D eigenvalue weighted by Gasteiger charge is 2.46. The monoisotopic (exact) mass is 276 g/mol. The van der Waals surface area contributed by atoms with Gasteiger partial charge in [-0.05, 0) is 48.9 Å². The molecular formula is C15H20N2O3. The number of nitrogens with one attached hydrogen (secondary N) is 2. The van der Waals surface area contributed by atoms with Crippen LogP contribution in [0.25, 0.3) is 0 Å². The summed E-state index contributed by atoms with van der Waals surface area (Å²) in [5.41, 5.74) is 2.43. The number of carbonyl (C=O) groups excluding carboxylic acids is 1. The molecule has 1 atom stereocenters. The molecule has 0 heterocycles. The van der Waals surface area contributed by atoms with Crippen LogP contribution in [0.15, 0.2) is 12.1 Å². The normalized spacial score (nSPS) is 19.3. The first-order valence-corrected chi connectivity index (χ1v) is 6.63. The molecule has 0 saturated heterocycles. The molecule has 1 aliphatic carbocycles. The summed E-state index contributed by atoms with van der Waals surface area (Å²) in [6.45, 7) is 7.78. The summed E-state index contributed by atoms with van der Waals surface area (Å²) in [7, 11) is 0. The van der Waals surface area contributed by atoms with Gasteiger partial charge in [0.1, 0.15) is 0 Å². The van der Waals surface area contributed by atoms with Crippen molar-refractivity contribution in [3.63, 3.8) is 0 Å². The molecule has 1 fully saturated rings. The van der Waals surface area contributed by atoms with E-state index >= 15 is 0 Å². The van der Waals surface area contributed by atoms with E-state index in [2.05, 4.69) is 24.5 Å². The van der Waals surface area contributed by atoms with Crippen molar-refractivity contribution < 1.29 is 14.7 Å². The number of rotatable bonds is 3. The smallest absolute Gasteiger partial charge is 0.336 e. The Bertz CT molecular complexity index is 579. The number of aromatic carboxylic acids is 1. The van der Waals surface area contributed by atoms with Gasteiger partial charge in [0.05, 0.1) is 5.56 Å². The minimum Gasteiger partial charge on any atom is -0.478 e. The van der Waals surface area contributed by atoms with Crippen LogP contribution in [-0.4, -0.2) is 23.1 Å². The zero-order valence-electron chi connectivity index (χ0n) is 12.2. The van der Waals surface area contributed by atoms with E-state index in [0.717, 1.165) is 12.0 Å². The number of urea groups is 1. The molecule has 108 valence electrons. The van der Waals surface area contributed by atoms with Gasteiger partial charge in [0.2, 0.25) is 0 Å². The summed E-state index contributed by atoms with van der Waals surface area (Å²) in [5, 5.41) is 14.7. The molecule has 0 radical (unpaired) electrons. The fourth-order valence-electron chi connectivity index (χ4n) is 2.19. The highest BCUT2D eigenvalue weighted by Crippen LogP contribution is 2.44. The fraction of sp³-hybridized carbons (Fsp3) is 0.467. The SMILES string of the molecule is Cc1cc(NC(=O)NC2CC2(C)C)cc(C(=O)O)c1C. The van der Waals surface area contributed by atoms with E-state index in [1.807, 2.05) is 6.92 Å². The molecule has 0 aliphatic heterocycles. The summed E-state index contributed by atoms with van der Waals surface area (Å²) in [4.78, 5) is 23.0. The minimum atomic E-state index is -0.988. The fourth-order valence-corrected chi connectivity index (χ4v) is 2.19. The Labute approximate surface area is 118 Å². The van der Waals surface area contributed by atoms with Crippen molar-refractivity contribution in [1.29, 1.82) is 0 Å². The van der Waals surface area contributed by atoms with Crippen molar-refractivity contribution in [3.05, 3.63) is 28.8 Å². The average molecular weight is 276 g/mol. The van der Waals surface area contributed by atoms with Crippen molar-refractivity contribution in [1.82, 2.24) is 5.32 Å². The maximum absolute atomic E-state index is 11.9. The van der Waals surface area contributed by atoms with Crippen molar-refractivity contribution in [2.45, 2.75) is 40.2 Å². The number of carboxylic acids is 1. The molecule has 3 N–H and O–H groups in total. The van der Waals surface area contributed by atoms with Gasteiger partial charge in [-0.25, -0.2) is 9.59 Å². The third-order valence-electron chi connectivity index (χ3n) is 3.97. The molecular weight excluding hydrogens is 256 g/mol. The predicted octanol–water partition coefficient (Wildman–Crippen LogP) is 2.92. The van der Waals surface area contributed by atoms with Gasteiger partial charge < -0.3 is 15.7 Å². The summed E-state index contributed by atoms with van der Waals surface area (Å²) in [6.07, 6.45) is 0.966. The summed E-state index contributed by atoms with van der Waals surface area (Å²) >= 11 is 0. The van der Waals surface area contributed by atoms with Crippen LogP contribution in [0.3, 0.4) is 0 Å². The Kier molecular flexibility index (Phi) is 3.46. The molecule has 1 aromatic rings. The van der Waals surface area contributed by atoms with Crippen molar-refractivity contribution in [2.24, 2.45) is 5.41 Å². The molecule has 1 saturated carbocycles. The summed E-state index contributed by atoms with van der Waals surface area (Å²) < 4.78 is 0. The Morgan fingerprint density at radius 1 is 1.30 bits per heavy atom. The van der Waals surface area contributed by atoms with Gasteiger partial charge in [-0.15, -0.1) is 0 Å². The molecule has 1 aliphatic rings. The van der Waals surface area contributed by atoms with Gasteiger partial charge in [0, 0.05) is 11.7 Å². The number of aryl methyl sites for hydroxylation is 1. The second-order valence-corrected chi connectivity index (χ2v) is 6.11. The lowest BCUT2D eigenvalue weighted by molar-refractivity contribution is 0.0696. The van der Waals surface area contributed by atoms with Crippen molar-refractivity contribution in [2.75, 3.05) is 5.32 Å². The Morgan fingerprint density at radius 3 is 2.40 bits per heavy atom. The van der Waals surface area contributed by atoms with Gasteiger partial charge in [0.25, 0.3) is 0 Å². The molecule has 2 amide bonds. The summed E-state index contributed by atoms with van der Waals surface area (Å²) in [6, 6.07) is 3.16. The van der Waals surface area contributed by atoms with E-state index in [0.29, 0.717) is 11.3 Å². The zero-order chi connectivity index (χ0) is 15.1. The largest absolute Gasteiger partial charge is 0.478 e. The van der Waals surface area contributed by atoms with E-state index in [1.165, 1.54) is 6.07 Å². The van der Waals surface area contributed by atoms with Crippen molar-refractivity contribution >= 4 is 17.7 Å². The number of hydrogen-bond acceptors (Lipinski definition) is 2. The zero-order valence-corrected chi connectivity index (χ0v) is 12.2. The number of hydrogen-bond donors (Lipinski definition) is 3. The lowest BCUT2D eigenvalue weighted by Gasteiger charge is -2.12. The number of anilines is 1. The van der Waals surface area contributed by atoms with E-state index in [9.17, 15) is 9.59 Å². The van der Waals surface area contributed by atoms with Crippen LogP contribution in [0.2, 0.25) is 0 Å². The van der Waals surface area contributed by atoms with Crippen LogP contribution in [-0.2, 0) is 0 Å². The van der Waals surface area contributed by atoms with E-state index < -0.39 is 5.97 Å². The Balaban J connectivity index is 2.10. The van der Waals surface area contributed by atoms with Crippen LogP contribution in [0.1, 0.15) is 41.8 Å². The average Bonchev–Trinajstić information content (AvgIpc) is 2.90. The molecule has 0 spiro atoms. The maximum atomic E-state index is 11.9. The highest BCUT2D eigenvalue weighted by atomic mass is 16.4. The van der Waals surface area contributed by atoms with Crippen LogP contribution >= 0.6 is 0 Å². The third kappa shape index (κ3) is 2.92. The lowest BCUT2D eigenvalue weighted by atomic mass is 10.0. The third-order valence-corrected chi connectivity index (χ3v) is 3.97. The number of benzene rings is 1. The molecule has 1 aromatic carbocycles. The van der Waals surface area contributed by atoms with Crippen LogP contribution < -0.4 is 10.6 Å². The number of carboxylic acid groups (broad SMARTS) is 1. The predicted molar refractivity (Wildman–Crippen MR) is 77.2 cm³/mol. The Hall–Kier alpha value is -2.04. The highest BCUT2D eigenvalue weighted by molar-refractivity contribution is 5.94. The van der Waals surface area contributed by atoms with Gasteiger partial charge in [-0.3, -0.25) is 0 Å². The van der Waals surface area contributed by atoms with E-state index in [4.69, 9.17) is 5.11 Å². The van der Waals surface area contributed by atoms with Crippen LogP contribution in [0, 0.1) is 19.3 Å². The lowest BCUT2D eigenvalue weighted by Crippen LogP contribution is -2.32. The molecule has 5 heteroatoms. The molecule has 0 bridgehead atoms.